The van der Waals surface area contributed by atoms with E-state index in [1.807, 2.05) is 38.4 Å². The van der Waals surface area contributed by atoms with E-state index in [0.29, 0.717) is 13.1 Å². The fourth-order valence-corrected chi connectivity index (χ4v) is 4.01. The zero-order valence-electron chi connectivity index (χ0n) is 18.1. The van der Waals surface area contributed by atoms with Gasteiger partial charge in [-0.15, -0.1) is 0 Å². The van der Waals surface area contributed by atoms with Gasteiger partial charge in [0.1, 0.15) is 0 Å². The number of nitrogens with one attached hydrogen (secondary N) is 1. The van der Waals surface area contributed by atoms with Crippen LogP contribution >= 0.6 is 11.6 Å². The lowest BCUT2D eigenvalue weighted by Crippen LogP contribution is -2.39. The lowest BCUT2D eigenvalue weighted by atomic mass is 10.1. The normalized spacial score (nSPS) is 15.6. The van der Waals surface area contributed by atoms with Crippen molar-refractivity contribution in [2.45, 2.75) is 19.4 Å². The maximum Gasteiger partial charge on any atom is 0.234 e. The van der Waals surface area contributed by atoms with Crippen LogP contribution in [-0.2, 0) is 17.8 Å². The van der Waals surface area contributed by atoms with Crippen molar-refractivity contribution >= 4 is 23.2 Å². The minimum atomic E-state index is 0.113. The predicted molar refractivity (Wildman–Crippen MR) is 125 cm³/mol. The fourth-order valence-electron chi connectivity index (χ4n) is 3.77. The van der Waals surface area contributed by atoms with Crippen molar-refractivity contribution in [2.24, 2.45) is 0 Å². The molecule has 1 saturated heterocycles. The predicted octanol–water partition coefficient (Wildman–Crippen LogP) is 3.27. The summed E-state index contributed by atoms with van der Waals surface area (Å²) in [6, 6.07) is 16.5. The molecule has 0 spiro atoms. The highest BCUT2D eigenvalue weighted by Crippen LogP contribution is 2.24. The van der Waals surface area contributed by atoms with Gasteiger partial charge in [-0.05, 0) is 49.2 Å². The molecule has 0 bridgehead atoms. The maximum atomic E-state index is 12.3. The molecule has 30 heavy (non-hydrogen) atoms. The van der Waals surface area contributed by atoms with Gasteiger partial charge in [0.15, 0.2) is 0 Å². The Bertz CT molecular complexity index is 812. The highest BCUT2D eigenvalue weighted by atomic mass is 35.5. The van der Waals surface area contributed by atoms with Crippen LogP contribution in [0, 0.1) is 0 Å². The summed E-state index contributed by atoms with van der Waals surface area (Å²) < 4.78 is 0. The summed E-state index contributed by atoms with van der Waals surface area (Å²) in [5.41, 5.74) is 3.53. The summed E-state index contributed by atoms with van der Waals surface area (Å²) >= 11 is 6.51. The summed E-state index contributed by atoms with van der Waals surface area (Å²) in [4.78, 5) is 19.1. The van der Waals surface area contributed by atoms with Crippen molar-refractivity contribution < 1.29 is 4.79 Å². The Morgan fingerprint density at radius 1 is 1.03 bits per heavy atom. The quantitative estimate of drug-likeness (QED) is 0.700. The minimum Gasteiger partial charge on any atom is -0.378 e. The maximum absolute atomic E-state index is 12.3. The van der Waals surface area contributed by atoms with Gasteiger partial charge in [0.05, 0.1) is 6.54 Å². The number of nitrogens with zero attached hydrogens (tertiary/aromatic N) is 3. The van der Waals surface area contributed by atoms with Gasteiger partial charge in [-0.2, -0.15) is 0 Å². The van der Waals surface area contributed by atoms with Crippen LogP contribution in [0.5, 0.6) is 0 Å². The number of carbonyl (C=O) groups excluding carboxylic acids is 1. The zero-order chi connectivity index (χ0) is 21.3. The average Bonchev–Trinajstić information content (AvgIpc) is 2.95. The van der Waals surface area contributed by atoms with Crippen molar-refractivity contribution in [3.05, 3.63) is 64.7 Å². The highest BCUT2D eigenvalue weighted by Gasteiger charge is 2.18. The van der Waals surface area contributed by atoms with E-state index in [-0.39, 0.29) is 5.91 Å². The molecule has 0 aromatic heterocycles. The van der Waals surface area contributed by atoms with Crippen LogP contribution < -0.4 is 10.2 Å². The second-order valence-electron chi connectivity index (χ2n) is 8.16. The molecule has 1 aliphatic rings. The molecule has 1 N–H and O–H groups in total. The van der Waals surface area contributed by atoms with Gasteiger partial charge in [-0.1, -0.05) is 48.0 Å². The van der Waals surface area contributed by atoms with E-state index in [2.05, 4.69) is 44.3 Å². The molecular formula is C24H33ClN4O. The molecule has 1 aliphatic heterocycles. The van der Waals surface area contributed by atoms with Crippen molar-refractivity contribution in [1.82, 2.24) is 15.1 Å². The van der Waals surface area contributed by atoms with Crippen LogP contribution in [0.15, 0.2) is 48.5 Å². The molecule has 0 saturated carbocycles. The van der Waals surface area contributed by atoms with E-state index in [4.69, 9.17) is 11.6 Å². The van der Waals surface area contributed by atoms with E-state index in [0.717, 1.165) is 61.8 Å². The van der Waals surface area contributed by atoms with E-state index >= 15 is 0 Å². The summed E-state index contributed by atoms with van der Waals surface area (Å²) in [6.45, 7) is 5.84. The highest BCUT2D eigenvalue weighted by molar-refractivity contribution is 6.31. The number of rotatable bonds is 8. The monoisotopic (exact) mass is 428 g/mol. The fraction of sp³-hybridized carbons (Fsp3) is 0.458. The minimum absolute atomic E-state index is 0.113. The number of hydrogen-bond acceptors (Lipinski definition) is 4. The molecule has 6 heteroatoms. The number of benzene rings is 2. The van der Waals surface area contributed by atoms with Gasteiger partial charge in [-0.3, -0.25) is 14.6 Å². The Balaban J connectivity index is 1.41. The largest absolute Gasteiger partial charge is 0.378 e. The summed E-state index contributed by atoms with van der Waals surface area (Å²) in [5, 5.41) is 3.88. The molecule has 1 heterocycles. The summed E-state index contributed by atoms with van der Waals surface area (Å²) in [7, 11) is 4.04. The Morgan fingerprint density at radius 3 is 2.50 bits per heavy atom. The molecule has 0 unspecified atom stereocenters. The summed E-state index contributed by atoms with van der Waals surface area (Å²) in [6.07, 6.45) is 1.93. The molecule has 162 valence electrons. The van der Waals surface area contributed by atoms with Gasteiger partial charge in [0.25, 0.3) is 0 Å². The van der Waals surface area contributed by atoms with Crippen LogP contribution in [0.4, 0.5) is 5.69 Å². The third-order valence-corrected chi connectivity index (χ3v) is 5.93. The van der Waals surface area contributed by atoms with Gasteiger partial charge in [0.2, 0.25) is 5.91 Å². The van der Waals surface area contributed by atoms with E-state index < -0.39 is 0 Å². The molecule has 0 radical (unpaired) electrons. The molecule has 0 aliphatic carbocycles. The molecule has 3 rings (SSSR count). The second kappa shape index (κ2) is 11.3. The van der Waals surface area contributed by atoms with Crippen LogP contribution in [0.3, 0.4) is 0 Å². The van der Waals surface area contributed by atoms with E-state index in [9.17, 15) is 4.79 Å². The number of carbonyl (C=O) groups is 1. The number of anilines is 1. The number of halogens is 1. The molecular weight excluding hydrogens is 396 g/mol. The number of hydrogen-bond donors (Lipinski definition) is 1. The third kappa shape index (κ3) is 7.01. The van der Waals surface area contributed by atoms with Crippen LogP contribution in [0.2, 0.25) is 5.02 Å². The molecule has 1 fully saturated rings. The Morgan fingerprint density at radius 2 is 1.77 bits per heavy atom. The van der Waals surface area contributed by atoms with Gasteiger partial charge in [-0.25, -0.2) is 0 Å². The smallest absolute Gasteiger partial charge is 0.234 e. The van der Waals surface area contributed by atoms with E-state index in [1.165, 1.54) is 5.56 Å². The first-order valence-electron chi connectivity index (χ1n) is 10.7. The molecule has 2 aromatic carbocycles. The van der Waals surface area contributed by atoms with Crippen LogP contribution in [0.1, 0.15) is 17.5 Å². The molecule has 0 atom stereocenters. The molecule has 5 nitrogen and oxygen atoms in total. The first-order chi connectivity index (χ1) is 14.5. The van der Waals surface area contributed by atoms with Gasteiger partial charge in [0, 0.05) is 51.0 Å². The molecule has 1 amide bonds. The van der Waals surface area contributed by atoms with Crippen molar-refractivity contribution in [3.63, 3.8) is 0 Å². The van der Waals surface area contributed by atoms with Gasteiger partial charge >= 0.3 is 0 Å². The Labute approximate surface area is 185 Å². The van der Waals surface area contributed by atoms with Gasteiger partial charge < -0.3 is 10.2 Å². The standard InChI is InChI=1S/C24H33ClN4O/c1-27(2)22-10-9-21(23(25)17-22)18-28-13-6-14-29(16-15-28)19-24(30)26-12-11-20-7-4-3-5-8-20/h3-5,7-10,17H,6,11-16,18-19H2,1-2H3,(H,26,30). The zero-order valence-corrected chi connectivity index (χ0v) is 18.9. The van der Waals surface area contributed by atoms with Crippen molar-refractivity contribution in [2.75, 3.05) is 58.3 Å². The number of amides is 1. The topological polar surface area (TPSA) is 38.8 Å². The first-order valence-corrected chi connectivity index (χ1v) is 11.1. The van der Waals surface area contributed by atoms with E-state index in [1.54, 1.807) is 0 Å². The van der Waals surface area contributed by atoms with Crippen LogP contribution in [-0.4, -0.2) is 69.1 Å². The lowest BCUT2D eigenvalue weighted by molar-refractivity contribution is -0.122. The Kier molecular flexibility index (Phi) is 8.55. The third-order valence-electron chi connectivity index (χ3n) is 5.57. The van der Waals surface area contributed by atoms with Crippen molar-refractivity contribution in [3.8, 4) is 0 Å². The van der Waals surface area contributed by atoms with Crippen LogP contribution in [0.25, 0.3) is 0 Å². The Hall–Kier alpha value is -2.08. The lowest BCUT2D eigenvalue weighted by Gasteiger charge is -2.22. The molecule has 2 aromatic rings. The second-order valence-corrected chi connectivity index (χ2v) is 8.57. The first kappa shape index (κ1) is 22.6. The average molecular weight is 429 g/mol. The summed E-state index contributed by atoms with van der Waals surface area (Å²) in [5.74, 6) is 0.113. The van der Waals surface area contributed by atoms with Crippen molar-refractivity contribution in [1.29, 1.82) is 0 Å². The SMILES string of the molecule is CN(C)c1ccc(CN2CCCN(CC(=O)NCCc3ccccc3)CC2)c(Cl)c1.